The Morgan fingerprint density at radius 2 is 2.31 bits per heavy atom. The van der Waals surface area contributed by atoms with Gasteiger partial charge in [-0.25, -0.2) is 4.98 Å². The Bertz CT molecular complexity index is 453. The lowest BCUT2D eigenvalue weighted by Crippen LogP contribution is -2.41. The van der Waals surface area contributed by atoms with Gasteiger partial charge in [0.1, 0.15) is 5.82 Å². The van der Waals surface area contributed by atoms with Crippen molar-refractivity contribution in [3.63, 3.8) is 0 Å². The maximum atomic E-state index is 12.0. The highest BCUT2D eigenvalue weighted by Crippen LogP contribution is 2.55. The molecule has 1 aliphatic heterocycles. The van der Waals surface area contributed by atoms with Gasteiger partial charge >= 0.3 is 0 Å². The fraction of sp³-hybridized carbons (Fsp3) is 0.500. The SMILES string of the molecule is CN1C(=O)C(N)CC2(CC2)c2cccnc21. The molecule has 4 heteroatoms. The summed E-state index contributed by atoms with van der Waals surface area (Å²) >= 11 is 0. The van der Waals surface area contributed by atoms with Crippen molar-refractivity contribution < 1.29 is 4.79 Å². The third kappa shape index (κ3) is 1.19. The Labute approximate surface area is 94.5 Å². The number of nitrogens with zero attached hydrogens (tertiary/aromatic N) is 2. The van der Waals surface area contributed by atoms with E-state index in [-0.39, 0.29) is 17.4 Å². The zero-order chi connectivity index (χ0) is 11.3. The van der Waals surface area contributed by atoms with Gasteiger partial charge in [0.05, 0.1) is 6.04 Å². The van der Waals surface area contributed by atoms with Gasteiger partial charge in [0.15, 0.2) is 0 Å². The van der Waals surface area contributed by atoms with Gasteiger partial charge in [0.25, 0.3) is 0 Å². The summed E-state index contributed by atoms with van der Waals surface area (Å²) < 4.78 is 0. The maximum Gasteiger partial charge on any atom is 0.244 e. The summed E-state index contributed by atoms with van der Waals surface area (Å²) in [6, 6.07) is 3.63. The van der Waals surface area contributed by atoms with Crippen LogP contribution in [-0.4, -0.2) is 24.0 Å². The number of pyridine rings is 1. The smallest absolute Gasteiger partial charge is 0.244 e. The van der Waals surface area contributed by atoms with Gasteiger partial charge in [-0.1, -0.05) is 6.07 Å². The number of carbonyl (C=O) groups is 1. The molecule has 0 aromatic carbocycles. The number of likely N-dealkylation sites (N-methyl/N-ethyl adjacent to an activating group) is 1. The summed E-state index contributed by atoms with van der Waals surface area (Å²) in [5.74, 6) is 0.765. The number of hydrogen-bond acceptors (Lipinski definition) is 3. The predicted molar refractivity (Wildman–Crippen MR) is 61.2 cm³/mol. The number of carbonyl (C=O) groups excluding carboxylic acids is 1. The van der Waals surface area contributed by atoms with Crippen molar-refractivity contribution in [3.05, 3.63) is 23.9 Å². The van der Waals surface area contributed by atoms with Gasteiger partial charge < -0.3 is 5.73 Å². The Hall–Kier alpha value is -1.42. The highest BCUT2D eigenvalue weighted by Gasteiger charge is 2.50. The summed E-state index contributed by atoms with van der Waals surface area (Å²) in [7, 11) is 1.76. The lowest BCUT2D eigenvalue weighted by Gasteiger charge is -2.18. The van der Waals surface area contributed by atoms with Crippen LogP contribution in [0, 0.1) is 0 Å². The van der Waals surface area contributed by atoms with Gasteiger partial charge in [-0.05, 0) is 25.3 Å². The Morgan fingerprint density at radius 1 is 1.56 bits per heavy atom. The predicted octanol–water partition coefficient (Wildman–Crippen LogP) is 0.807. The van der Waals surface area contributed by atoms with E-state index in [9.17, 15) is 4.79 Å². The number of hydrogen-bond donors (Lipinski definition) is 1. The van der Waals surface area contributed by atoms with E-state index < -0.39 is 0 Å². The van der Waals surface area contributed by atoms with E-state index in [0.717, 1.165) is 25.1 Å². The lowest BCUT2D eigenvalue weighted by atomic mass is 9.91. The summed E-state index contributed by atoms with van der Waals surface area (Å²) in [5.41, 5.74) is 7.27. The molecule has 16 heavy (non-hydrogen) atoms. The molecular formula is C12H15N3O. The second kappa shape index (κ2) is 3.04. The largest absolute Gasteiger partial charge is 0.320 e. The minimum atomic E-state index is -0.387. The highest BCUT2D eigenvalue weighted by atomic mass is 16.2. The molecule has 1 aliphatic carbocycles. The van der Waals surface area contributed by atoms with Crippen LogP contribution in [-0.2, 0) is 10.2 Å². The normalized spacial score (nSPS) is 26.5. The van der Waals surface area contributed by atoms with Crippen LogP contribution in [0.5, 0.6) is 0 Å². The van der Waals surface area contributed by atoms with Crippen LogP contribution >= 0.6 is 0 Å². The lowest BCUT2D eigenvalue weighted by molar-refractivity contribution is -0.119. The van der Waals surface area contributed by atoms with Crippen LogP contribution < -0.4 is 10.6 Å². The molecule has 1 amide bonds. The fourth-order valence-corrected chi connectivity index (χ4v) is 2.67. The molecule has 0 bridgehead atoms. The van der Waals surface area contributed by atoms with E-state index in [1.54, 1.807) is 18.1 Å². The van der Waals surface area contributed by atoms with E-state index in [1.165, 1.54) is 5.56 Å². The molecule has 0 radical (unpaired) electrons. The number of amides is 1. The number of rotatable bonds is 0. The van der Waals surface area contributed by atoms with Crippen LogP contribution in [0.2, 0.25) is 0 Å². The number of aromatic nitrogens is 1. The molecule has 2 N–H and O–H groups in total. The zero-order valence-corrected chi connectivity index (χ0v) is 9.31. The summed E-state index contributed by atoms with van der Waals surface area (Å²) in [6.45, 7) is 0. The molecule has 0 saturated heterocycles. The molecule has 1 aromatic rings. The molecule has 2 heterocycles. The minimum absolute atomic E-state index is 0.0243. The molecule has 1 spiro atoms. The second-order valence-corrected chi connectivity index (χ2v) is 4.86. The molecule has 1 atom stereocenters. The molecule has 1 aromatic heterocycles. The van der Waals surface area contributed by atoms with E-state index >= 15 is 0 Å². The molecular weight excluding hydrogens is 202 g/mol. The topological polar surface area (TPSA) is 59.2 Å². The first-order valence-corrected chi connectivity index (χ1v) is 5.63. The molecule has 1 saturated carbocycles. The van der Waals surface area contributed by atoms with Gasteiger partial charge in [-0.2, -0.15) is 0 Å². The summed E-state index contributed by atoms with van der Waals surface area (Å²) in [5, 5.41) is 0. The van der Waals surface area contributed by atoms with Crippen molar-refractivity contribution in [3.8, 4) is 0 Å². The monoisotopic (exact) mass is 217 g/mol. The standard InChI is InChI=1S/C12H15N3O/c1-15-10-8(3-2-6-14-10)12(4-5-12)7-9(13)11(15)16/h2-3,6,9H,4-5,7,13H2,1H3. The Balaban J connectivity index is 2.17. The van der Waals surface area contributed by atoms with Crippen molar-refractivity contribution in [2.45, 2.75) is 30.7 Å². The van der Waals surface area contributed by atoms with Gasteiger partial charge in [0, 0.05) is 24.2 Å². The Kier molecular flexibility index (Phi) is 1.86. The number of nitrogens with two attached hydrogens (primary N) is 1. The second-order valence-electron chi connectivity index (χ2n) is 4.86. The first-order valence-electron chi connectivity index (χ1n) is 5.63. The van der Waals surface area contributed by atoms with Crippen molar-refractivity contribution >= 4 is 11.7 Å². The average molecular weight is 217 g/mol. The number of fused-ring (bicyclic) bond motifs is 2. The molecule has 2 aliphatic rings. The molecule has 1 fully saturated rings. The third-order valence-electron chi connectivity index (χ3n) is 3.79. The average Bonchev–Trinajstić information content (AvgIpc) is 3.07. The van der Waals surface area contributed by atoms with E-state index in [4.69, 9.17) is 5.73 Å². The van der Waals surface area contributed by atoms with Crippen molar-refractivity contribution in [1.82, 2.24) is 4.98 Å². The van der Waals surface area contributed by atoms with Crippen molar-refractivity contribution in [1.29, 1.82) is 0 Å². The minimum Gasteiger partial charge on any atom is -0.320 e. The zero-order valence-electron chi connectivity index (χ0n) is 9.31. The van der Waals surface area contributed by atoms with Crippen LogP contribution in [0.15, 0.2) is 18.3 Å². The van der Waals surface area contributed by atoms with Crippen molar-refractivity contribution in [2.24, 2.45) is 5.73 Å². The molecule has 3 rings (SSSR count). The first-order chi connectivity index (χ1) is 7.64. The van der Waals surface area contributed by atoms with Gasteiger partial charge in [0.2, 0.25) is 5.91 Å². The van der Waals surface area contributed by atoms with Crippen LogP contribution in [0.4, 0.5) is 5.82 Å². The van der Waals surface area contributed by atoms with E-state index in [2.05, 4.69) is 11.1 Å². The molecule has 1 unspecified atom stereocenters. The third-order valence-corrected chi connectivity index (χ3v) is 3.79. The van der Waals surface area contributed by atoms with E-state index in [1.807, 2.05) is 6.07 Å². The number of anilines is 1. The summed E-state index contributed by atoms with van der Waals surface area (Å²) in [4.78, 5) is 17.9. The van der Waals surface area contributed by atoms with E-state index in [0.29, 0.717) is 0 Å². The highest BCUT2D eigenvalue weighted by molar-refractivity contribution is 5.97. The summed E-state index contributed by atoms with van der Waals surface area (Å²) in [6.07, 6.45) is 4.74. The maximum absolute atomic E-state index is 12.0. The molecule has 4 nitrogen and oxygen atoms in total. The van der Waals surface area contributed by atoms with Crippen LogP contribution in [0.3, 0.4) is 0 Å². The first kappa shape index (κ1) is 9.78. The van der Waals surface area contributed by atoms with Gasteiger partial charge in [-0.15, -0.1) is 0 Å². The van der Waals surface area contributed by atoms with Crippen LogP contribution in [0.1, 0.15) is 24.8 Å². The quantitative estimate of drug-likeness (QED) is 0.699. The van der Waals surface area contributed by atoms with Crippen LogP contribution in [0.25, 0.3) is 0 Å². The Morgan fingerprint density at radius 3 is 3.00 bits per heavy atom. The fourth-order valence-electron chi connectivity index (χ4n) is 2.67. The molecule has 84 valence electrons. The van der Waals surface area contributed by atoms with Crippen molar-refractivity contribution in [2.75, 3.05) is 11.9 Å². The van der Waals surface area contributed by atoms with Gasteiger partial charge in [-0.3, -0.25) is 9.69 Å².